The Morgan fingerprint density at radius 2 is 1.92 bits per heavy atom. The van der Waals surface area contributed by atoms with Gasteiger partial charge in [-0.15, -0.1) is 0 Å². The smallest absolute Gasteiger partial charge is 0.320 e. The Bertz CT molecular complexity index is 128. The molecule has 0 aliphatic rings. The van der Waals surface area contributed by atoms with Crippen molar-refractivity contribution in [3.63, 3.8) is 0 Å². The Hall–Kier alpha value is -0.220. The van der Waals surface area contributed by atoms with E-state index < -0.39 is 12.2 Å². The summed E-state index contributed by atoms with van der Waals surface area (Å²) in [5.41, 5.74) is 0. The third-order valence-electron chi connectivity index (χ3n) is 1.68. The van der Waals surface area contributed by atoms with Gasteiger partial charge in [0.05, 0.1) is 6.61 Å². The number of hydrogen-bond acceptors (Lipinski definition) is 2. The van der Waals surface area contributed by atoms with Crippen LogP contribution in [-0.4, -0.2) is 25.8 Å². The first-order valence-electron chi connectivity index (χ1n) is 4.14. The Morgan fingerprint density at radius 3 is 2.17 bits per heavy atom. The molecule has 1 N–H and O–H groups in total. The topological polar surface area (TPSA) is 21.3 Å². The van der Waals surface area contributed by atoms with E-state index in [1.165, 1.54) is 7.05 Å². The van der Waals surface area contributed by atoms with Crippen LogP contribution in [0, 0.1) is 5.92 Å². The molecule has 0 bridgehead atoms. The maximum absolute atomic E-state index is 13.1. The third-order valence-corrected chi connectivity index (χ3v) is 1.68. The molecule has 4 heteroatoms. The highest BCUT2D eigenvalue weighted by molar-refractivity contribution is 4.77. The summed E-state index contributed by atoms with van der Waals surface area (Å²) < 4.78 is 30.5. The first-order valence-corrected chi connectivity index (χ1v) is 4.14. The lowest BCUT2D eigenvalue weighted by Gasteiger charge is -2.28. The molecule has 0 aromatic rings. The lowest BCUT2D eigenvalue weighted by Crippen LogP contribution is -2.48. The number of hydrogen-bond donors (Lipinski definition) is 1. The summed E-state index contributed by atoms with van der Waals surface area (Å²) >= 11 is 0. The molecule has 0 rings (SSSR count). The van der Waals surface area contributed by atoms with E-state index in [9.17, 15) is 8.78 Å². The van der Waals surface area contributed by atoms with Crippen molar-refractivity contribution in [2.75, 3.05) is 13.7 Å². The Morgan fingerprint density at radius 1 is 1.42 bits per heavy atom. The van der Waals surface area contributed by atoms with Gasteiger partial charge in [0.25, 0.3) is 0 Å². The van der Waals surface area contributed by atoms with Gasteiger partial charge in [0.1, 0.15) is 6.04 Å². The van der Waals surface area contributed by atoms with E-state index in [2.05, 4.69) is 10.1 Å². The van der Waals surface area contributed by atoms with Gasteiger partial charge in [-0.05, 0) is 19.9 Å². The fourth-order valence-electron chi connectivity index (χ4n) is 1.17. The van der Waals surface area contributed by atoms with Crippen LogP contribution in [0.5, 0.6) is 0 Å². The zero-order valence-corrected chi connectivity index (χ0v) is 8.03. The monoisotopic (exact) mass is 181 g/mol. The molecule has 0 saturated carbocycles. The molecule has 0 aromatic heterocycles. The molecule has 74 valence electrons. The van der Waals surface area contributed by atoms with Crippen LogP contribution in [0.2, 0.25) is 0 Å². The number of rotatable bonds is 5. The van der Waals surface area contributed by atoms with E-state index in [-0.39, 0.29) is 12.5 Å². The van der Waals surface area contributed by atoms with Crippen LogP contribution < -0.4 is 5.32 Å². The summed E-state index contributed by atoms with van der Waals surface area (Å²) in [7, 11) is 1.51. The van der Waals surface area contributed by atoms with Crippen LogP contribution in [0.25, 0.3) is 0 Å². The predicted octanol–water partition coefficient (Wildman–Crippen LogP) is 1.86. The van der Waals surface area contributed by atoms with E-state index in [0.29, 0.717) is 0 Å². The maximum Gasteiger partial charge on any atom is 0.371 e. The van der Waals surface area contributed by atoms with Crippen LogP contribution in [0.1, 0.15) is 20.8 Å². The molecule has 0 fully saturated rings. The van der Waals surface area contributed by atoms with Gasteiger partial charge in [-0.3, -0.25) is 0 Å². The number of alkyl halides is 2. The highest BCUT2D eigenvalue weighted by atomic mass is 19.3. The van der Waals surface area contributed by atoms with Crippen molar-refractivity contribution in [2.45, 2.75) is 32.9 Å². The minimum Gasteiger partial charge on any atom is -0.320 e. The van der Waals surface area contributed by atoms with Crippen molar-refractivity contribution in [3.8, 4) is 0 Å². The summed E-state index contributed by atoms with van der Waals surface area (Å²) in [4.78, 5) is 0. The second kappa shape index (κ2) is 4.72. The SMILES string of the molecule is CCOC(F)(F)C(NC)C(C)C. The Kier molecular flexibility index (Phi) is 4.63. The largest absolute Gasteiger partial charge is 0.371 e. The normalized spacial score (nSPS) is 15.2. The average molecular weight is 181 g/mol. The second-order valence-corrected chi connectivity index (χ2v) is 3.01. The second-order valence-electron chi connectivity index (χ2n) is 3.01. The van der Waals surface area contributed by atoms with Crippen molar-refractivity contribution in [1.29, 1.82) is 0 Å². The number of nitrogens with one attached hydrogen (secondary N) is 1. The quantitative estimate of drug-likeness (QED) is 0.699. The molecule has 1 unspecified atom stereocenters. The van der Waals surface area contributed by atoms with E-state index in [0.717, 1.165) is 0 Å². The van der Waals surface area contributed by atoms with Crippen LogP contribution in [0.3, 0.4) is 0 Å². The van der Waals surface area contributed by atoms with Crippen LogP contribution in [0.4, 0.5) is 8.78 Å². The van der Waals surface area contributed by atoms with E-state index in [4.69, 9.17) is 0 Å². The molecular weight excluding hydrogens is 164 g/mol. The summed E-state index contributed by atoms with van der Waals surface area (Å²) in [5, 5.41) is 2.55. The van der Waals surface area contributed by atoms with Crippen LogP contribution in [-0.2, 0) is 4.74 Å². The molecule has 0 radical (unpaired) electrons. The number of ether oxygens (including phenoxy) is 1. The van der Waals surface area contributed by atoms with Crippen LogP contribution in [0.15, 0.2) is 0 Å². The predicted molar refractivity (Wildman–Crippen MR) is 44.3 cm³/mol. The minimum absolute atomic E-state index is 0.0257. The van der Waals surface area contributed by atoms with Gasteiger partial charge in [-0.1, -0.05) is 13.8 Å². The summed E-state index contributed by atoms with van der Waals surface area (Å²) in [6.07, 6.45) is -3.07. The summed E-state index contributed by atoms with van der Waals surface area (Å²) in [5.74, 6) is -0.156. The molecule has 0 aliphatic carbocycles. The van der Waals surface area contributed by atoms with Gasteiger partial charge < -0.3 is 10.1 Å². The lowest BCUT2D eigenvalue weighted by molar-refractivity contribution is -0.259. The average Bonchev–Trinajstić information content (AvgIpc) is 1.86. The van der Waals surface area contributed by atoms with Gasteiger partial charge in [-0.25, -0.2) is 0 Å². The molecular formula is C8H17F2NO. The maximum atomic E-state index is 13.1. The number of likely N-dealkylation sites (N-methyl/N-ethyl adjacent to an activating group) is 1. The van der Waals surface area contributed by atoms with Gasteiger partial charge in [0, 0.05) is 0 Å². The van der Waals surface area contributed by atoms with Crippen molar-refractivity contribution in [2.24, 2.45) is 5.92 Å². The fourth-order valence-corrected chi connectivity index (χ4v) is 1.17. The Balaban J connectivity index is 4.25. The molecule has 1 atom stereocenters. The standard InChI is InChI=1S/C8H17F2NO/c1-5-12-8(9,10)7(11-4)6(2)3/h6-7,11H,5H2,1-4H3. The third kappa shape index (κ3) is 3.03. The molecule has 12 heavy (non-hydrogen) atoms. The van der Waals surface area contributed by atoms with Gasteiger partial charge >= 0.3 is 6.11 Å². The lowest BCUT2D eigenvalue weighted by atomic mass is 10.0. The summed E-state index contributed by atoms with van der Waals surface area (Å²) in [6.45, 7) is 5.04. The van der Waals surface area contributed by atoms with Crippen molar-refractivity contribution >= 4 is 0 Å². The highest BCUT2D eigenvalue weighted by Crippen LogP contribution is 2.24. The zero-order valence-electron chi connectivity index (χ0n) is 8.03. The summed E-state index contributed by atoms with van der Waals surface area (Å²) in [6, 6.07) is -0.919. The molecule has 0 heterocycles. The van der Waals surface area contributed by atoms with E-state index in [1.807, 2.05) is 0 Å². The molecule has 0 aliphatic heterocycles. The molecule has 0 saturated heterocycles. The minimum atomic E-state index is -3.07. The first kappa shape index (κ1) is 11.8. The van der Waals surface area contributed by atoms with Crippen LogP contribution >= 0.6 is 0 Å². The van der Waals surface area contributed by atoms with Crippen molar-refractivity contribution < 1.29 is 13.5 Å². The fraction of sp³-hybridized carbons (Fsp3) is 1.00. The number of halogens is 2. The van der Waals surface area contributed by atoms with Crippen molar-refractivity contribution in [3.05, 3.63) is 0 Å². The molecule has 2 nitrogen and oxygen atoms in total. The van der Waals surface area contributed by atoms with Gasteiger partial charge in [-0.2, -0.15) is 8.78 Å². The van der Waals surface area contributed by atoms with Gasteiger partial charge in [0.15, 0.2) is 0 Å². The van der Waals surface area contributed by atoms with E-state index in [1.54, 1.807) is 20.8 Å². The van der Waals surface area contributed by atoms with Crippen molar-refractivity contribution in [1.82, 2.24) is 5.32 Å². The molecule has 0 amide bonds. The zero-order chi connectivity index (χ0) is 9.78. The first-order chi connectivity index (χ1) is 5.45. The Labute approximate surface area is 72.3 Å². The van der Waals surface area contributed by atoms with Gasteiger partial charge in [0.2, 0.25) is 0 Å². The molecule has 0 spiro atoms. The highest BCUT2D eigenvalue weighted by Gasteiger charge is 2.41. The van der Waals surface area contributed by atoms with E-state index >= 15 is 0 Å². The molecule has 0 aromatic carbocycles.